The van der Waals surface area contributed by atoms with Crippen LogP contribution in [0.4, 0.5) is 0 Å². The second-order valence-corrected chi connectivity index (χ2v) is 4.52. The highest BCUT2D eigenvalue weighted by Gasteiger charge is 2.16. The molecule has 0 aliphatic carbocycles. The molecule has 1 unspecified atom stereocenters. The number of nitrogens with one attached hydrogen (secondary N) is 1. The van der Waals surface area contributed by atoms with E-state index >= 15 is 0 Å². The van der Waals surface area contributed by atoms with Crippen LogP contribution in [0.15, 0.2) is 24.5 Å². The molecule has 0 aromatic carbocycles. The first-order chi connectivity index (χ1) is 9.65. The van der Waals surface area contributed by atoms with E-state index < -0.39 is 5.97 Å². The molecule has 1 atom stereocenters. The number of aliphatic carboxylic acids is 1. The molecule has 2 N–H and O–H groups in total. The van der Waals surface area contributed by atoms with Gasteiger partial charge in [0.15, 0.2) is 0 Å². The van der Waals surface area contributed by atoms with Gasteiger partial charge in [0, 0.05) is 31.6 Å². The molecule has 1 aromatic heterocycles. The molecule has 0 radical (unpaired) electrons. The molecule has 6 heteroatoms. The first-order valence-corrected chi connectivity index (χ1v) is 6.41. The van der Waals surface area contributed by atoms with Gasteiger partial charge in [-0.2, -0.15) is 0 Å². The Balaban J connectivity index is 1.95. The van der Waals surface area contributed by atoms with Gasteiger partial charge in [0.05, 0.1) is 11.7 Å². The number of carbonyl (C=O) groups excluding carboxylic acids is 1. The topological polar surface area (TPSA) is 88.5 Å². The summed E-state index contributed by atoms with van der Waals surface area (Å²) in [4.78, 5) is 26.3. The first-order valence-electron chi connectivity index (χ1n) is 6.41. The van der Waals surface area contributed by atoms with Crippen molar-refractivity contribution in [2.45, 2.75) is 18.9 Å². The van der Waals surface area contributed by atoms with E-state index in [0.717, 1.165) is 25.5 Å². The lowest BCUT2D eigenvalue weighted by Gasteiger charge is -2.10. The number of hydrogen-bond acceptors (Lipinski definition) is 4. The maximum atomic E-state index is 11.9. The number of ether oxygens (including phenoxy) is 1. The Hall–Kier alpha value is -2.21. The maximum absolute atomic E-state index is 11.9. The summed E-state index contributed by atoms with van der Waals surface area (Å²) in [5.41, 5.74) is 0.965. The van der Waals surface area contributed by atoms with Crippen LogP contribution >= 0.6 is 0 Å². The summed E-state index contributed by atoms with van der Waals surface area (Å²) in [7, 11) is 0. The number of pyridine rings is 1. The summed E-state index contributed by atoms with van der Waals surface area (Å²) in [5, 5.41) is 11.3. The second kappa shape index (κ2) is 6.81. The number of nitrogens with zero attached hydrogens (tertiary/aromatic N) is 1. The fourth-order valence-corrected chi connectivity index (χ4v) is 1.95. The summed E-state index contributed by atoms with van der Waals surface area (Å²) in [6.45, 7) is 1.23. The Kier molecular flexibility index (Phi) is 4.84. The van der Waals surface area contributed by atoms with Gasteiger partial charge in [0.25, 0.3) is 5.91 Å². The Morgan fingerprint density at radius 1 is 1.50 bits per heavy atom. The third kappa shape index (κ3) is 4.17. The normalized spacial score (nSPS) is 18.3. The van der Waals surface area contributed by atoms with Crippen molar-refractivity contribution < 1.29 is 19.4 Å². The van der Waals surface area contributed by atoms with Crippen LogP contribution in [0, 0.1) is 0 Å². The molecule has 0 saturated carbocycles. The minimum absolute atomic E-state index is 0.0852. The monoisotopic (exact) mass is 276 g/mol. The Labute approximate surface area is 116 Å². The molecule has 2 heterocycles. The van der Waals surface area contributed by atoms with Crippen molar-refractivity contribution in [3.05, 3.63) is 35.7 Å². The van der Waals surface area contributed by atoms with Crippen molar-refractivity contribution >= 4 is 18.0 Å². The molecule has 106 valence electrons. The SMILES string of the molecule is O=C(O)C=Cc1cncc(C(=O)NCC2CCCO2)c1. The van der Waals surface area contributed by atoms with Crippen LogP contribution in [0.25, 0.3) is 6.08 Å². The molecule has 20 heavy (non-hydrogen) atoms. The molecule has 1 fully saturated rings. The first kappa shape index (κ1) is 14.2. The molecule has 1 aliphatic rings. The van der Waals surface area contributed by atoms with Gasteiger partial charge >= 0.3 is 5.97 Å². The lowest BCUT2D eigenvalue weighted by molar-refractivity contribution is -0.131. The zero-order valence-electron chi connectivity index (χ0n) is 10.9. The van der Waals surface area contributed by atoms with E-state index in [1.165, 1.54) is 18.5 Å². The van der Waals surface area contributed by atoms with E-state index in [1.807, 2.05) is 0 Å². The third-order valence-corrected chi connectivity index (χ3v) is 2.95. The molecule has 0 spiro atoms. The van der Waals surface area contributed by atoms with Gasteiger partial charge in [0.1, 0.15) is 0 Å². The zero-order valence-corrected chi connectivity index (χ0v) is 10.9. The summed E-state index contributed by atoms with van der Waals surface area (Å²) in [5.74, 6) is -1.28. The van der Waals surface area contributed by atoms with Crippen LogP contribution in [0.3, 0.4) is 0 Å². The molecule has 6 nitrogen and oxygen atoms in total. The third-order valence-electron chi connectivity index (χ3n) is 2.95. The highest BCUT2D eigenvalue weighted by molar-refractivity contribution is 5.94. The quantitative estimate of drug-likeness (QED) is 0.786. The largest absolute Gasteiger partial charge is 0.478 e. The van der Waals surface area contributed by atoms with Crippen LogP contribution in [0.2, 0.25) is 0 Å². The van der Waals surface area contributed by atoms with Crippen molar-refractivity contribution in [1.82, 2.24) is 10.3 Å². The van der Waals surface area contributed by atoms with E-state index in [-0.39, 0.29) is 12.0 Å². The molecule has 1 saturated heterocycles. The van der Waals surface area contributed by atoms with Crippen molar-refractivity contribution in [3.63, 3.8) is 0 Å². The minimum Gasteiger partial charge on any atom is -0.478 e. The standard InChI is InChI=1S/C14H16N2O4/c17-13(18)4-3-10-6-11(8-15-7-10)14(19)16-9-12-2-1-5-20-12/h3-4,6-8,12H,1-2,5,9H2,(H,16,19)(H,17,18). The van der Waals surface area contributed by atoms with Gasteiger partial charge in [-0.05, 0) is 30.5 Å². The average molecular weight is 276 g/mol. The van der Waals surface area contributed by atoms with Gasteiger partial charge in [-0.3, -0.25) is 9.78 Å². The summed E-state index contributed by atoms with van der Waals surface area (Å²) >= 11 is 0. The second-order valence-electron chi connectivity index (χ2n) is 4.52. The van der Waals surface area contributed by atoms with Crippen molar-refractivity contribution in [3.8, 4) is 0 Å². The number of aromatic nitrogens is 1. The number of carboxylic acids is 1. The van der Waals surface area contributed by atoms with Gasteiger partial charge in [0.2, 0.25) is 0 Å². The Bertz CT molecular complexity index is 522. The van der Waals surface area contributed by atoms with E-state index in [0.29, 0.717) is 17.7 Å². The summed E-state index contributed by atoms with van der Waals surface area (Å²) in [6.07, 6.45) is 7.41. The van der Waals surface area contributed by atoms with Gasteiger partial charge in [-0.1, -0.05) is 0 Å². The van der Waals surface area contributed by atoms with Gasteiger partial charge < -0.3 is 15.2 Å². The lowest BCUT2D eigenvalue weighted by Crippen LogP contribution is -2.31. The molecular formula is C14H16N2O4. The molecule has 1 aromatic rings. The van der Waals surface area contributed by atoms with Crippen LogP contribution < -0.4 is 5.32 Å². The van der Waals surface area contributed by atoms with Crippen molar-refractivity contribution in [1.29, 1.82) is 0 Å². The molecular weight excluding hydrogens is 260 g/mol. The maximum Gasteiger partial charge on any atom is 0.328 e. The number of rotatable bonds is 5. The number of carboxylic acid groups (broad SMARTS) is 1. The van der Waals surface area contributed by atoms with Gasteiger partial charge in [-0.15, -0.1) is 0 Å². The van der Waals surface area contributed by atoms with Crippen LogP contribution in [-0.4, -0.2) is 41.2 Å². The summed E-state index contributed by atoms with van der Waals surface area (Å²) in [6, 6.07) is 1.59. The number of amides is 1. The van der Waals surface area contributed by atoms with Crippen molar-refractivity contribution in [2.24, 2.45) is 0 Å². The number of hydrogen-bond donors (Lipinski definition) is 2. The fraction of sp³-hybridized carbons (Fsp3) is 0.357. The van der Waals surface area contributed by atoms with Crippen LogP contribution in [0.5, 0.6) is 0 Å². The highest BCUT2D eigenvalue weighted by atomic mass is 16.5. The Morgan fingerprint density at radius 3 is 3.05 bits per heavy atom. The van der Waals surface area contributed by atoms with E-state index in [4.69, 9.17) is 9.84 Å². The zero-order chi connectivity index (χ0) is 14.4. The summed E-state index contributed by atoms with van der Waals surface area (Å²) < 4.78 is 5.42. The molecule has 0 bridgehead atoms. The smallest absolute Gasteiger partial charge is 0.328 e. The molecule has 1 aliphatic heterocycles. The predicted molar refractivity (Wildman–Crippen MR) is 72.2 cm³/mol. The van der Waals surface area contributed by atoms with Crippen LogP contribution in [-0.2, 0) is 9.53 Å². The van der Waals surface area contributed by atoms with Crippen LogP contribution in [0.1, 0.15) is 28.8 Å². The van der Waals surface area contributed by atoms with E-state index in [2.05, 4.69) is 10.3 Å². The lowest BCUT2D eigenvalue weighted by atomic mass is 10.1. The molecule has 2 rings (SSSR count). The fourth-order valence-electron chi connectivity index (χ4n) is 1.95. The molecule has 1 amide bonds. The highest BCUT2D eigenvalue weighted by Crippen LogP contribution is 2.11. The number of carbonyl (C=O) groups is 2. The van der Waals surface area contributed by atoms with Gasteiger partial charge in [-0.25, -0.2) is 4.79 Å². The van der Waals surface area contributed by atoms with E-state index in [1.54, 1.807) is 6.07 Å². The average Bonchev–Trinajstić information content (AvgIpc) is 2.96. The van der Waals surface area contributed by atoms with E-state index in [9.17, 15) is 9.59 Å². The Morgan fingerprint density at radius 2 is 2.35 bits per heavy atom. The van der Waals surface area contributed by atoms with Crippen molar-refractivity contribution in [2.75, 3.05) is 13.2 Å². The minimum atomic E-state index is -1.04. The predicted octanol–water partition coefficient (Wildman–Crippen LogP) is 1.09.